The molecule has 0 rings (SSSR count). The summed E-state index contributed by atoms with van der Waals surface area (Å²) in [4.78, 5) is 0. The molecule has 3 radical (unpaired) electrons. The van der Waals surface area contributed by atoms with Crippen molar-refractivity contribution in [2.24, 2.45) is 0 Å². The zero-order valence-electron chi connectivity index (χ0n) is 2.05. The fourth-order valence-corrected chi connectivity index (χ4v) is 0. The van der Waals surface area contributed by atoms with E-state index in [1.54, 1.807) is 0 Å². The van der Waals surface area contributed by atoms with Crippen LogP contribution in [0.25, 0.3) is 0 Å². The van der Waals surface area contributed by atoms with E-state index in [2.05, 4.69) is 0 Å². The number of rotatable bonds is 0. The fourth-order valence-electron chi connectivity index (χ4n) is 0. The third-order valence-corrected chi connectivity index (χ3v) is 0. The van der Waals surface area contributed by atoms with Gasteiger partial charge in [-0.2, -0.15) is 0 Å². The molecule has 0 heterocycles. The fraction of sp³-hybridized carbons (Fsp3) is 0. The first-order chi connectivity index (χ1) is 0. The molecule has 0 bridgehead atoms. The molecule has 0 unspecified atom stereocenters. The molecule has 0 spiro atoms. The summed E-state index contributed by atoms with van der Waals surface area (Å²) >= 11 is 0. The predicted molar refractivity (Wildman–Crippen MR) is 0 cm³/mol. The van der Waals surface area contributed by atoms with Gasteiger partial charge in [-0.05, 0) is 0 Å². The van der Waals surface area contributed by atoms with Crippen LogP contribution in [0.4, 0.5) is 0 Å². The molecule has 0 fully saturated rings. The van der Waals surface area contributed by atoms with Crippen LogP contribution in [-0.4, -0.2) is 0 Å². The Morgan fingerprint density at radius 1 is 0.400 bits per heavy atom. The van der Waals surface area contributed by atoms with Gasteiger partial charge in [0.1, 0.15) is 0 Å². The van der Waals surface area contributed by atoms with Crippen LogP contribution in [0, 0.1) is 0 Å². The van der Waals surface area contributed by atoms with Crippen molar-refractivity contribution in [3.8, 4) is 0 Å². The summed E-state index contributed by atoms with van der Waals surface area (Å²) in [6.45, 7) is 0. The normalized spacial score (nSPS) is 0. The molecule has 5 heavy (non-hydrogen) atoms. The minimum atomic E-state index is 0. The molecule has 0 saturated heterocycles. The van der Waals surface area contributed by atoms with E-state index in [0.717, 1.165) is 0 Å². The molecule has 5 heteroatoms. The van der Waals surface area contributed by atoms with Crippen LogP contribution in [0.5, 0.6) is 0 Å². The van der Waals surface area contributed by atoms with Gasteiger partial charge in [-0.15, -0.1) is 0 Å². The van der Waals surface area contributed by atoms with Gasteiger partial charge in [0.15, 0.2) is 0 Å². The van der Waals surface area contributed by atoms with Crippen molar-refractivity contribution < 1.29 is 101 Å². The van der Waals surface area contributed by atoms with Gasteiger partial charge in [0.05, 0.1) is 0 Å². The Labute approximate surface area is 99.5 Å². The van der Waals surface area contributed by atoms with Crippen molar-refractivity contribution in [2.75, 3.05) is 0 Å². The maximum absolute atomic E-state index is 0. The molecule has 0 aliphatic carbocycles. The second-order valence-corrected chi connectivity index (χ2v) is 0. The summed E-state index contributed by atoms with van der Waals surface area (Å²) in [7, 11) is 0. The molecule has 0 N–H and O–H groups in total. The average Bonchev–Trinajstić information content (AvgIpc) is 0. The Kier molecular flexibility index (Phi) is 219. The molecule has 0 amide bonds. The van der Waals surface area contributed by atoms with Crippen molar-refractivity contribution >= 4 is 0 Å². The molecule has 0 atom stereocenters. The van der Waals surface area contributed by atoms with E-state index in [4.69, 9.17) is 0 Å². The molecule has 31 valence electrons. The van der Waals surface area contributed by atoms with E-state index in [-0.39, 0.29) is 101 Å². The molecule has 0 saturated carbocycles. The minimum Gasteiger partial charge on any atom is 0 e. The summed E-state index contributed by atoms with van der Waals surface area (Å²) < 4.78 is 0. The molecule has 0 nitrogen and oxygen atoms in total. The van der Waals surface area contributed by atoms with Crippen LogP contribution in [0.3, 0.4) is 0 Å². The van der Waals surface area contributed by atoms with Gasteiger partial charge in [0.2, 0.25) is 0 Å². The Morgan fingerprint density at radius 2 is 0.400 bits per heavy atom. The second kappa shape index (κ2) is 26.8. The molecule has 0 aromatic rings. The van der Waals surface area contributed by atoms with Gasteiger partial charge in [-0.25, -0.2) is 0 Å². The van der Waals surface area contributed by atoms with Crippen molar-refractivity contribution in [2.45, 2.75) is 0 Å². The monoisotopic (exact) mass is 391 g/mol. The van der Waals surface area contributed by atoms with E-state index in [0.29, 0.717) is 0 Å². The molecule has 0 aromatic carbocycles. The number of hydrogen-bond acceptors (Lipinski definition) is 0. The van der Waals surface area contributed by atoms with Gasteiger partial charge in [-0.1, -0.05) is 0 Å². The molecule has 0 aliphatic rings. The Morgan fingerprint density at radius 3 is 0.400 bits per heavy atom. The van der Waals surface area contributed by atoms with E-state index >= 15 is 0 Å². The van der Waals surface area contributed by atoms with Gasteiger partial charge in [-0.3, -0.25) is 0 Å². The summed E-state index contributed by atoms with van der Waals surface area (Å²) in [5.74, 6) is 0. The first kappa shape index (κ1) is 41.0. The Hall–Kier alpha value is 3.26. The van der Waals surface area contributed by atoms with Gasteiger partial charge in [0, 0.05) is 101 Å². The van der Waals surface area contributed by atoms with Gasteiger partial charge >= 0.3 is 0 Å². The largest absolute Gasteiger partial charge is 0 e. The van der Waals surface area contributed by atoms with Gasteiger partial charge in [0.25, 0.3) is 0 Å². The zero-order chi connectivity index (χ0) is 0. The van der Waals surface area contributed by atoms with E-state index in [1.165, 1.54) is 0 Å². The van der Waals surface area contributed by atoms with Crippen LogP contribution in [0.2, 0.25) is 0 Å². The standard InChI is InChI=1S/2Fe.3Nb. The Bertz CT molecular complexity index is 4.85. The third kappa shape index (κ3) is 18.9. The summed E-state index contributed by atoms with van der Waals surface area (Å²) in [5, 5.41) is 0. The summed E-state index contributed by atoms with van der Waals surface area (Å²) in [6, 6.07) is 0. The van der Waals surface area contributed by atoms with Gasteiger partial charge < -0.3 is 0 Å². The number of hydrogen-bond donors (Lipinski definition) is 0. The third-order valence-electron chi connectivity index (χ3n) is 0. The topological polar surface area (TPSA) is 0 Å². The van der Waals surface area contributed by atoms with Crippen LogP contribution in [-0.2, 0) is 101 Å². The second-order valence-electron chi connectivity index (χ2n) is 0. The Balaban J connectivity index is 0. The van der Waals surface area contributed by atoms with Crippen LogP contribution in [0.15, 0.2) is 0 Å². The van der Waals surface area contributed by atoms with E-state index in [9.17, 15) is 0 Å². The minimum absolute atomic E-state index is 0. The van der Waals surface area contributed by atoms with Crippen LogP contribution in [0.1, 0.15) is 0 Å². The molecule has 0 aliphatic heterocycles. The quantitative estimate of drug-likeness (QED) is 0.511. The zero-order valence-corrected chi connectivity index (χ0v) is 10.9. The van der Waals surface area contributed by atoms with Crippen molar-refractivity contribution in [1.82, 2.24) is 0 Å². The van der Waals surface area contributed by atoms with E-state index < -0.39 is 0 Å². The molecular formula is Fe2Nb3. The molecule has 0 aromatic heterocycles. The summed E-state index contributed by atoms with van der Waals surface area (Å²) in [6.07, 6.45) is 0. The van der Waals surface area contributed by atoms with Crippen LogP contribution >= 0.6 is 0 Å². The van der Waals surface area contributed by atoms with Crippen molar-refractivity contribution in [3.05, 3.63) is 0 Å². The smallest absolute Gasteiger partial charge is 0 e. The van der Waals surface area contributed by atoms with Crippen LogP contribution < -0.4 is 0 Å². The maximum Gasteiger partial charge on any atom is 0 e. The van der Waals surface area contributed by atoms with Crippen molar-refractivity contribution in [1.29, 1.82) is 0 Å². The maximum atomic E-state index is 0. The average molecular weight is 390 g/mol. The van der Waals surface area contributed by atoms with E-state index in [1.807, 2.05) is 0 Å². The SMILES string of the molecule is [Fe].[Fe].[Nb].[Nb].[Nb]. The first-order valence-electron chi connectivity index (χ1n) is 0. The summed E-state index contributed by atoms with van der Waals surface area (Å²) in [5.41, 5.74) is 0. The first-order valence-corrected chi connectivity index (χ1v) is 0. The van der Waals surface area contributed by atoms with Crippen molar-refractivity contribution in [3.63, 3.8) is 0 Å². The predicted octanol–water partition coefficient (Wildman–Crippen LogP) is -0.0125. The molecular weight excluding hydrogens is 390 g/mol.